The Balaban J connectivity index is 3.95. The quantitative estimate of drug-likeness (QED) is 0.323. The van der Waals surface area contributed by atoms with Crippen LogP contribution in [0.1, 0.15) is 13.8 Å². The normalized spacial score (nSPS) is 10.7. The van der Waals surface area contributed by atoms with E-state index >= 15 is 0 Å². The van der Waals surface area contributed by atoms with Gasteiger partial charge in [0.25, 0.3) is 0 Å². The molecule has 0 aliphatic heterocycles. The van der Waals surface area contributed by atoms with Gasteiger partial charge in [-0.1, -0.05) is 29.2 Å². The number of carbonyl (C=O) groups is 1. The zero-order chi connectivity index (χ0) is 11.1. The van der Waals surface area contributed by atoms with Crippen molar-refractivity contribution < 1.29 is 4.79 Å². The van der Waals surface area contributed by atoms with Gasteiger partial charge in [0.15, 0.2) is 0 Å². The Hall–Kier alpha value is -0.100. The molecule has 0 bridgehead atoms. The van der Waals surface area contributed by atoms with E-state index in [1.165, 1.54) is 6.08 Å². The number of amides is 1. The van der Waals surface area contributed by atoms with Gasteiger partial charge in [0, 0.05) is 19.1 Å². The molecule has 0 N–H and O–H groups in total. The number of likely N-dealkylation sites (N-methyl/N-ethyl adjacent to an activating group) is 1. The van der Waals surface area contributed by atoms with Gasteiger partial charge in [-0.2, -0.15) is 0 Å². The Labute approximate surface area is 100 Å². The maximum absolute atomic E-state index is 11.3. The van der Waals surface area contributed by atoms with E-state index in [0.29, 0.717) is 10.6 Å². The van der Waals surface area contributed by atoms with Crippen molar-refractivity contribution in [2.45, 2.75) is 19.9 Å². The number of halogens is 1. The van der Waals surface area contributed by atoms with Crippen molar-refractivity contribution in [1.29, 1.82) is 0 Å². The van der Waals surface area contributed by atoms with Crippen LogP contribution in [0.15, 0.2) is 12.7 Å². The molecule has 14 heavy (non-hydrogen) atoms. The summed E-state index contributed by atoms with van der Waals surface area (Å²) >= 11 is 2.19. The van der Waals surface area contributed by atoms with Gasteiger partial charge >= 0.3 is 0 Å². The van der Waals surface area contributed by atoms with E-state index in [0.717, 1.165) is 13.1 Å². The Morgan fingerprint density at radius 1 is 1.50 bits per heavy atom. The molecule has 0 aromatic heterocycles. The fraction of sp³-hybridized carbons (Fsp3) is 0.700. The number of hydrogen-bond acceptors (Lipinski definition) is 2. The molecule has 0 unspecified atom stereocenters. The van der Waals surface area contributed by atoms with E-state index < -0.39 is 0 Å². The lowest BCUT2D eigenvalue weighted by Gasteiger charge is -2.25. The highest BCUT2D eigenvalue weighted by molar-refractivity contribution is 14.1. The van der Waals surface area contributed by atoms with Crippen LogP contribution in [0.25, 0.3) is 0 Å². The summed E-state index contributed by atoms with van der Waals surface area (Å²) in [6, 6.07) is 0.518. The predicted molar refractivity (Wildman–Crippen MR) is 68.6 cm³/mol. The summed E-state index contributed by atoms with van der Waals surface area (Å²) in [5.74, 6) is 0.0107. The Bertz CT molecular complexity index is 195. The van der Waals surface area contributed by atoms with E-state index in [1.54, 1.807) is 4.90 Å². The molecule has 0 fully saturated rings. The molecule has 0 aromatic carbocycles. The van der Waals surface area contributed by atoms with Gasteiger partial charge in [-0.05, 0) is 27.0 Å². The first-order chi connectivity index (χ1) is 6.52. The van der Waals surface area contributed by atoms with Crippen molar-refractivity contribution in [3.05, 3.63) is 12.7 Å². The van der Waals surface area contributed by atoms with Crippen molar-refractivity contribution in [3.8, 4) is 0 Å². The van der Waals surface area contributed by atoms with E-state index in [1.807, 2.05) is 0 Å². The number of alkyl halides is 1. The summed E-state index contributed by atoms with van der Waals surface area (Å²) in [5.41, 5.74) is 0. The zero-order valence-electron chi connectivity index (χ0n) is 9.16. The fourth-order valence-corrected chi connectivity index (χ4v) is 1.57. The largest absolute Gasteiger partial charge is 0.329 e. The maximum atomic E-state index is 11.3. The van der Waals surface area contributed by atoms with Gasteiger partial charge < -0.3 is 9.80 Å². The maximum Gasteiger partial charge on any atom is 0.246 e. The molecule has 0 aliphatic carbocycles. The molecule has 0 spiro atoms. The van der Waals surface area contributed by atoms with E-state index in [-0.39, 0.29) is 5.91 Å². The highest BCUT2D eigenvalue weighted by Crippen LogP contribution is 1.99. The molecule has 0 heterocycles. The predicted octanol–water partition coefficient (Wildman–Crippen LogP) is 1.73. The molecule has 0 saturated heterocycles. The highest BCUT2D eigenvalue weighted by Gasteiger charge is 2.10. The summed E-state index contributed by atoms with van der Waals surface area (Å²) in [6.45, 7) is 9.44. The Morgan fingerprint density at radius 2 is 2.07 bits per heavy atom. The van der Waals surface area contributed by atoms with Crippen LogP contribution >= 0.6 is 22.6 Å². The number of rotatable bonds is 6. The summed E-state index contributed by atoms with van der Waals surface area (Å²) < 4.78 is 0.717. The lowest BCUT2D eigenvalue weighted by Crippen LogP contribution is -2.38. The summed E-state index contributed by atoms with van der Waals surface area (Å²) in [4.78, 5) is 15.3. The van der Waals surface area contributed by atoms with Crippen molar-refractivity contribution >= 4 is 28.5 Å². The first kappa shape index (κ1) is 13.9. The van der Waals surface area contributed by atoms with Gasteiger partial charge in [0.05, 0.1) is 4.55 Å². The standard InChI is InChI=1S/C10H19IN2O/c1-5-10(14)13(8-11)7-6-12(4)9(2)3/h5,9H,1,6-8H2,2-4H3. The average molecular weight is 310 g/mol. The van der Waals surface area contributed by atoms with Crippen molar-refractivity contribution in [1.82, 2.24) is 9.80 Å². The van der Waals surface area contributed by atoms with Crippen LogP contribution in [0.4, 0.5) is 0 Å². The monoisotopic (exact) mass is 310 g/mol. The second-order valence-corrected chi connectivity index (χ2v) is 4.18. The van der Waals surface area contributed by atoms with Crippen molar-refractivity contribution in [2.24, 2.45) is 0 Å². The molecule has 0 aliphatic rings. The van der Waals surface area contributed by atoms with Crippen molar-refractivity contribution in [3.63, 3.8) is 0 Å². The minimum atomic E-state index is 0.0107. The third kappa shape index (κ3) is 4.95. The van der Waals surface area contributed by atoms with E-state index in [4.69, 9.17) is 0 Å². The van der Waals surface area contributed by atoms with Crippen molar-refractivity contribution in [2.75, 3.05) is 24.7 Å². The fourth-order valence-electron chi connectivity index (χ4n) is 0.895. The second-order valence-electron chi connectivity index (χ2n) is 3.50. The van der Waals surface area contributed by atoms with Crippen LogP contribution in [-0.4, -0.2) is 46.4 Å². The van der Waals surface area contributed by atoms with Gasteiger partial charge in [0.1, 0.15) is 0 Å². The number of nitrogens with zero attached hydrogens (tertiary/aromatic N) is 2. The SMILES string of the molecule is C=CC(=O)N(CI)CCN(C)C(C)C. The second kappa shape index (κ2) is 7.23. The van der Waals surface area contributed by atoms with Crippen LogP contribution in [0.2, 0.25) is 0 Å². The van der Waals surface area contributed by atoms with Crippen LogP contribution in [0.3, 0.4) is 0 Å². The molecule has 0 atom stereocenters. The van der Waals surface area contributed by atoms with Gasteiger partial charge in [-0.3, -0.25) is 4.79 Å². The minimum absolute atomic E-state index is 0.0107. The summed E-state index contributed by atoms with van der Waals surface area (Å²) in [6.07, 6.45) is 1.37. The van der Waals surface area contributed by atoms with Crippen LogP contribution in [-0.2, 0) is 4.79 Å². The lowest BCUT2D eigenvalue weighted by molar-refractivity contribution is -0.125. The molecule has 0 aromatic rings. The Kier molecular flexibility index (Phi) is 7.17. The topological polar surface area (TPSA) is 23.6 Å². The molecule has 0 saturated carbocycles. The first-order valence-electron chi connectivity index (χ1n) is 4.70. The van der Waals surface area contributed by atoms with Crippen LogP contribution in [0.5, 0.6) is 0 Å². The van der Waals surface area contributed by atoms with Gasteiger partial charge in [0.2, 0.25) is 5.91 Å². The number of carbonyl (C=O) groups excluding carboxylic acids is 1. The molecule has 1 amide bonds. The highest BCUT2D eigenvalue weighted by atomic mass is 127. The van der Waals surface area contributed by atoms with Gasteiger partial charge in [-0.25, -0.2) is 0 Å². The molecular weight excluding hydrogens is 291 g/mol. The lowest BCUT2D eigenvalue weighted by atomic mass is 10.3. The first-order valence-corrected chi connectivity index (χ1v) is 6.23. The summed E-state index contributed by atoms with van der Waals surface area (Å²) in [7, 11) is 2.06. The minimum Gasteiger partial charge on any atom is -0.329 e. The molecule has 0 radical (unpaired) electrons. The van der Waals surface area contributed by atoms with Gasteiger partial charge in [-0.15, -0.1) is 0 Å². The molecule has 4 heteroatoms. The summed E-state index contributed by atoms with van der Waals surface area (Å²) in [5, 5.41) is 0. The van der Waals surface area contributed by atoms with E-state index in [9.17, 15) is 4.79 Å². The average Bonchev–Trinajstić information content (AvgIpc) is 2.17. The van der Waals surface area contributed by atoms with Crippen LogP contribution in [0, 0.1) is 0 Å². The zero-order valence-corrected chi connectivity index (χ0v) is 11.3. The molecule has 82 valence electrons. The molecular formula is C10H19IN2O. The van der Waals surface area contributed by atoms with E-state index in [2.05, 4.69) is 55.0 Å². The third-order valence-corrected chi connectivity index (χ3v) is 3.06. The smallest absolute Gasteiger partial charge is 0.246 e. The molecule has 0 rings (SSSR count). The van der Waals surface area contributed by atoms with Crippen LogP contribution < -0.4 is 0 Å². The third-order valence-electron chi connectivity index (χ3n) is 2.23. The number of hydrogen-bond donors (Lipinski definition) is 0. The molecule has 3 nitrogen and oxygen atoms in total. The Morgan fingerprint density at radius 3 is 2.43 bits per heavy atom.